The topological polar surface area (TPSA) is 26.7 Å². The summed E-state index contributed by atoms with van der Waals surface area (Å²) in [5.41, 5.74) is 1.25. The van der Waals surface area contributed by atoms with Gasteiger partial charge in [-0.25, -0.2) is 0 Å². The van der Waals surface area contributed by atoms with Crippen molar-refractivity contribution in [2.45, 2.75) is 76.5 Å². The minimum absolute atomic E-state index is 0.0347. The van der Waals surface area contributed by atoms with Crippen LogP contribution in [0.15, 0.2) is 30.3 Å². The van der Waals surface area contributed by atoms with E-state index in [2.05, 4.69) is 54.0 Å². The Labute approximate surface area is 159 Å². The third-order valence-corrected chi connectivity index (χ3v) is 7.72. The maximum Gasteiger partial charge on any atom is 0.0789 e. The zero-order chi connectivity index (χ0) is 18.1. The van der Waals surface area contributed by atoms with E-state index < -0.39 is 0 Å². The van der Waals surface area contributed by atoms with E-state index in [-0.39, 0.29) is 11.6 Å². The summed E-state index contributed by atoms with van der Waals surface area (Å²) in [4.78, 5) is 5.26. The highest BCUT2D eigenvalue weighted by Gasteiger charge is 2.50. The van der Waals surface area contributed by atoms with Gasteiger partial charge in [-0.1, -0.05) is 32.0 Å². The molecule has 0 unspecified atom stereocenters. The number of hydrogen-bond donors (Lipinski definition) is 1. The smallest absolute Gasteiger partial charge is 0.0789 e. The molecule has 2 saturated heterocycles. The van der Waals surface area contributed by atoms with Crippen LogP contribution in [0.4, 0.5) is 5.69 Å². The Bertz CT molecular complexity index is 571. The second-order valence-electron chi connectivity index (χ2n) is 9.24. The van der Waals surface area contributed by atoms with E-state index >= 15 is 0 Å². The Morgan fingerprint density at radius 3 is 2.19 bits per heavy atom. The van der Waals surface area contributed by atoms with E-state index in [1.54, 1.807) is 0 Å². The van der Waals surface area contributed by atoms with Crippen molar-refractivity contribution in [3.63, 3.8) is 0 Å². The van der Waals surface area contributed by atoms with Gasteiger partial charge >= 0.3 is 0 Å². The number of hydrogen-bond acceptors (Lipinski definition) is 3. The van der Waals surface area contributed by atoms with Gasteiger partial charge in [-0.15, -0.1) is 0 Å². The van der Waals surface area contributed by atoms with Gasteiger partial charge in [0.05, 0.1) is 11.6 Å². The molecule has 3 heteroatoms. The molecule has 0 aromatic heterocycles. The molecule has 2 heterocycles. The fourth-order valence-electron chi connectivity index (χ4n) is 5.93. The minimum Gasteiger partial charge on any atom is -0.391 e. The third kappa shape index (κ3) is 3.29. The highest BCUT2D eigenvalue weighted by atomic mass is 16.3. The Kier molecular flexibility index (Phi) is 5.29. The number of para-hydroxylation sites is 1. The van der Waals surface area contributed by atoms with Gasteiger partial charge < -0.3 is 14.9 Å². The molecule has 1 N–H and O–H groups in total. The summed E-state index contributed by atoms with van der Waals surface area (Å²) >= 11 is 0. The van der Waals surface area contributed by atoms with Crippen molar-refractivity contribution >= 4 is 5.69 Å². The summed E-state index contributed by atoms with van der Waals surface area (Å²) < 4.78 is 0. The quantitative estimate of drug-likeness (QED) is 0.874. The van der Waals surface area contributed by atoms with E-state index in [9.17, 15) is 5.11 Å². The summed E-state index contributed by atoms with van der Waals surface area (Å²) in [5.74, 6) is 1.78. The number of likely N-dealkylation sites (tertiary alicyclic amines) is 1. The Hall–Kier alpha value is -1.06. The molecular weight excluding hydrogens is 320 g/mol. The summed E-state index contributed by atoms with van der Waals surface area (Å²) in [5, 5.41) is 10.9. The first kappa shape index (κ1) is 18.3. The van der Waals surface area contributed by atoms with Crippen LogP contribution in [0.25, 0.3) is 0 Å². The van der Waals surface area contributed by atoms with Crippen LogP contribution in [-0.4, -0.2) is 47.3 Å². The van der Waals surface area contributed by atoms with E-state index in [0.29, 0.717) is 0 Å². The van der Waals surface area contributed by atoms with Crippen molar-refractivity contribution in [1.82, 2.24) is 4.90 Å². The normalized spacial score (nSPS) is 32.5. The van der Waals surface area contributed by atoms with Crippen LogP contribution in [0, 0.1) is 11.8 Å². The lowest BCUT2D eigenvalue weighted by Gasteiger charge is -2.50. The Balaban J connectivity index is 1.40. The molecule has 0 radical (unpaired) electrons. The lowest BCUT2D eigenvalue weighted by molar-refractivity contribution is 0.0290. The van der Waals surface area contributed by atoms with Crippen molar-refractivity contribution in [2.24, 2.45) is 11.8 Å². The van der Waals surface area contributed by atoms with Gasteiger partial charge in [-0.05, 0) is 68.9 Å². The van der Waals surface area contributed by atoms with Gasteiger partial charge in [-0.2, -0.15) is 0 Å². The second-order valence-corrected chi connectivity index (χ2v) is 9.24. The number of benzene rings is 1. The number of aliphatic hydroxyl groups is 1. The fraction of sp³-hybridized carbons (Fsp3) is 0.739. The Morgan fingerprint density at radius 2 is 1.58 bits per heavy atom. The summed E-state index contributed by atoms with van der Waals surface area (Å²) in [6, 6.07) is 11.5. The van der Waals surface area contributed by atoms with E-state index in [1.807, 2.05) is 0 Å². The largest absolute Gasteiger partial charge is 0.391 e. The molecule has 3 nitrogen and oxygen atoms in total. The SMILES string of the molecule is CC(C)[C@H]1CC[C@@H](N2CCC3(CC2)[C@H](O)CCN3c2ccccc2)CC1. The van der Waals surface area contributed by atoms with Crippen molar-refractivity contribution < 1.29 is 5.11 Å². The monoisotopic (exact) mass is 356 g/mol. The predicted octanol–water partition coefficient (Wildman–Crippen LogP) is 4.31. The molecule has 4 rings (SSSR count). The molecule has 3 aliphatic rings. The van der Waals surface area contributed by atoms with Gasteiger partial charge in [-0.3, -0.25) is 0 Å². The number of anilines is 1. The van der Waals surface area contributed by atoms with Crippen LogP contribution < -0.4 is 4.90 Å². The summed E-state index contributed by atoms with van der Waals surface area (Å²) in [6.07, 6.45) is 8.50. The minimum atomic E-state index is -0.179. The van der Waals surface area contributed by atoms with Gasteiger partial charge in [0.15, 0.2) is 0 Å². The average molecular weight is 357 g/mol. The second kappa shape index (κ2) is 7.52. The van der Waals surface area contributed by atoms with Crippen molar-refractivity contribution in [1.29, 1.82) is 0 Å². The van der Waals surface area contributed by atoms with Crippen LogP contribution in [0.1, 0.15) is 58.8 Å². The number of aliphatic hydroxyl groups excluding tert-OH is 1. The Morgan fingerprint density at radius 1 is 0.923 bits per heavy atom. The maximum absolute atomic E-state index is 10.9. The molecule has 0 bridgehead atoms. The van der Waals surface area contributed by atoms with Gasteiger partial charge in [0.25, 0.3) is 0 Å². The maximum atomic E-state index is 10.9. The average Bonchev–Trinajstić information content (AvgIpc) is 2.99. The highest BCUT2D eigenvalue weighted by molar-refractivity contribution is 5.51. The molecule has 26 heavy (non-hydrogen) atoms. The lowest BCUT2D eigenvalue weighted by Crippen LogP contribution is -2.59. The van der Waals surface area contributed by atoms with Gasteiger partial charge in [0.2, 0.25) is 0 Å². The lowest BCUT2D eigenvalue weighted by atomic mass is 9.77. The molecule has 1 atom stereocenters. The van der Waals surface area contributed by atoms with Crippen LogP contribution in [-0.2, 0) is 0 Å². The molecule has 1 aromatic rings. The first-order valence-corrected chi connectivity index (χ1v) is 10.8. The van der Waals surface area contributed by atoms with Gasteiger partial charge in [0, 0.05) is 31.4 Å². The molecule has 1 spiro atoms. The molecule has 1 aliphatic carbocycles. The first-order chi connectivity index (χ1) is 12.6. The van der Waals surface area contributed by atoms with Crippen LogP contribution >= 0.6 is 0 Å². The molecule has 144 valence electrons. The molecule has 1 saturated carbocycles. The first-order valence-electron chi connectivity index (χ1n) is 10.8. The van der Waals surface area contributed by atoms with E-state index in [4.69, 9.17) is 0 Å². The van der Waals surface area contributed by atoms with Crippen LogP contribution in [0.5, 0.6) is 0 Å². The van der Waals surface area contributed by atoms with Crippen molar-refractivity contribution in [2.75, 3.05) is 24.5 Å². The predicted molar refractivity (Wildman–Crippen MR) is 109 cm³/mol. The standard InChI is InChI=1S/C23H36N2O/c1-18(2)19-8-10-20(11-9-19)24-16-13-23(14-17-24)22(26)12-15-25(23)21-6-4-3-5-7-21/h3-7,18-20,22,26H,8-17H2,1-2H3/t19-,20+,22-/m1/s1. The van der Waals surface area contributed by atoms with Crippen LogP contribution in [0.3, 0.4) is 0 Å². The van der Waals surface area contributed by atoms with E-state index in [0.717, 1.165) is 56.8 Å². The molecule has 0 amide bonds. The van der Waals surface area contributed by atoms with Crippen LogP contribution in [0.2, 0.25) is 0 Å². The van der Waals surface area contributed by atoms with E-state index in [1.165, 1.54) is 31.4 Å². The molecule has 1 aromatic carbocycles. The summed E-state index contributed by atoms with van der Waals surface area (Å²) in [6.45, 7) is 8.06. The molecule has 2 aliphatic heterocycles. The zero-order valence-corrected chi connectivity index (χ0v) is 16.6. The van der Waals surface area contributed by atoms with Crippen molar-refractivity contribution in [3.05, 3.63) is 30.3 Å². The molecule has 3 fully saturated rings. The number of piperidine rings is 1. The highest BCUT2D eigenvalue weighted by Crippen LogP contribution is 2.43. The molecular formula is C23H36N2O. The van der Waals surface area contributed by atoms with Gasteiger partial charge in [0.1, 0.15) is 0 Å². The zero-order valence-electron chi connectivity index (χ0n) is 16.6. The summed E-state index contributed by atoms with van der Waals surface area (Å²) in [7, 11) is 0. The van der Waals surface area contributed by atoms with Crippen molar-refractivity contribution in [3.8, 4) is 0 Å². The number of nitrogens with zero attached hydrogens (tertiary/aromatic N) is 2. The number of rotatable bonds is 3. The fourth-order valence-corrected chi connectivity index (χ4v) is 5.93. The third-order valence-electron chi connectivity index (χ3n) is 7.72.